The zero-order chi connectivity index (χ0) is 12.3. The van der Waals surface area contributed by atoms with E-state index < -0.39 is 7.12 Å². The van der Waals surface area contributed by atoms with Crippen LogP contribution in [0.5, 0.6) is 0 Å². The van der Waals surface area contributed by atoms with Gasteiger partial charge in [0, 0.05) is 24.7 Å². The van der Waals surface area contributed by atoms with Gasteiger partial charge in [0.15, 0.2) is 0 Å². The van der Waals surface area contributed by atoms with Crippen LogP contribution in [0.25, 0.3) is 0 Å². The van der Waals surface area contributed by atoms with Crippen LogP contribution in [0.15, 0.2) is 18.2 Å². The predicted molar refractivity (Wildman–Crippen MR) is 67.4 cm³/mol. The maximum atomic E-state index is 9.31. The van der Waals surface area contributed by atoms with Crippen LogP contribution < -0.4 is 5.46 Å². The van der Waals surface area contributed by atoms with Gasteiger partial charge in [0.05, 0.1) is 13.2 Å². The molecule has 92 valence electrons. The van der Waals surface area contributed by atoms with E-state index in [0.29, 0.717) is 30.2 Å². The summed E-state index contributed by atoms with van der Waals surface area (Å²) >= 11 is 6.11. The van der Waals surface area contributed by atoms with Gasteiger partial charge >= 0.3 is 7.12 Å². The number of benzene rings is 1. The fraction of sp³-hybridized carbons (Fsp3) is 0.455. The van der Waals surface area contributed by atoms with Gasteiger partial charge in [0.2, 0.25) is 0 Å². The van der Waals surface area contributed by atoms with E-state index >= 15 is 0 Å². The molecule has 0 atom stereocenters. The average molecular weight is 256 g/mol. The lowest BCUT2D eigenvalue weighted by Crippen LogP contribution is -2.40. The van der Waals surface area contributed by atoms with Crippen LogP contribution in [-0.4, -0.2) is 48.4 Å². The second-order valence-corrected chi connectivity index (χ2v) is 4.48. The molecular formula is C11H15BClNO3. The first-order valence-corrected chi connectivity index (χ1v) is 6.00. The Bertz CT molecular complexity index is 383. The van der Waals surface area contributed by atoms with Crippen molar-refractivity contribution in [3.63, 3.8) is 0 Å². The minimum atomic E-state index is -1.48. The maximum absolute atomic E-state index is 9.31. The molecular weight excluding hydrogens is 240 g/mol. The summed E-state index contributed by atoms with van der Waals surface area (Å²) in [6.45, 7) is 3.72. The van der Waals surface area contributed by atoms with E-state index in [1.165, 1.54) is 0 Å². The lowest BCUT2D eigenvalue weighted by Gasteiger charge is -2.27. The second-order valence-electron chi connectivity index (χ2n) is 4.07. The van der Waals surface area contributed by atoms with Crippen molar-refractivity contribution >= 4 is 24.2 Å². The molecule has 1 aliphatic heterocycles. The SMILES string of the molecule is OB(O)c1cccc(Cl)c1CN1CCOCC1. The highest BCUT2D eigenvalue weighted by molar-refractivity contribution is 6.59. The van der Waals surface area contributed by atoms with Crippen molar-refractivity contribution in [2.75, 3.05) is 26.3 Å². The summed E-state index contributed by atoms with van der Waals surface area (Å²) in [7, 11) is -1.48. The molecule has 0 spiro atoms. The smallest absolute Gasteiger partial charge is 0.423 e. The van der Waals surface area contributed by atoms with Gasteiger partial charge in [-0.1, -0.05) is 23.7 Å². The highest BCUT2D eigenvalue weighted by Gasteiger charge is 2.20. The van der Waals surface area contributed by atoms with Crippen molar-refractivity contribution < 1.29 is 14.8 Å². The van der Waals surface area contributed by atoms with Gasteiger partial charge in [-0.2, -0.15) is 0 Å². The van der Waals surface area contributed by atoms with Crippen molar-refractivity contribution in [3.05, 3.63) is 28.8 Å². The van der Waals surface area contributed by atoms with Crippen LogP contribution in [0.2, 0.25) is 5.02 Å². The Morgan fingerprint density at radius 2 is 2.00 bits per heavy atom. The van der Waals surface area contributed by atoms with E-state index in [4.69, 9.17) is 16.3 Å². The molecule has 17 heavy (non-hydrogen) atoms. The normalized spacial score (nSPS) is 17.1. The summed E-state index contributed by atoms with van der Waals surface area (Å²) in [5, 5.41) is 19.2. The molecule has 0 amide bonds. The molecule has 6 heteroatoms. The highest BCUT2D eigenvalue weighted by atomic mass is 35.5. The fourth-order valence-electron chi connectivity index (χ4n) is 1.97. The zero-order valence-corrected chi connectivity index (χ0v) is 10.2. The fourth-order valence-corrected chi connectivity index (χ4v) is 2.21. The minimum absolute atomic E-state index is 0.476. The number of nitrogens with zero attached hydrogens (tertiary/aromatic N) is 1. The molecule has 4 nitrogen and oxygen atoms in total. The summed E-state index contributed by atoms with van der Waals surface area (Å²) in [6.07, 6.45) is 0. The predicted octanol–water partition coefficient (Wildman–Crippen LogP) is -0.148. The highest BCUT2D eigenvalue weighted by Crippen LogP contribution is 2.16. The summed E-state index contributed by atoms with van der Waals surface area (Å²) < 4.78 is 5.27. The van der Waals surface area contributed by atoms with Crippen LogP contribution in [-0.2, 0) is 11.3 Å². The van der Waals surface area contributed by atoms with Gasteiger partial charge in [0.25, 0.3) is 0 Å². The lowest BCUT2D eigenvalue weighted by molar-refractivity contribution is 0.0343. The molecule has 2 N–H and O–H groups in total. The van der Waals surface area contributed by atoms with Gasteiger partial charge < -0.3 is 14.8 Å². The molecule has 1 aromatic carbocycles. The summed E-state index contributed by atoms with van der Waals surface area (Å²) in [4.78, 5) is 2.19. The number of ether oxygens (including phenoxy) is 1. The number of rotatable bonds is 3. The van der Waals surface area contributed by atoms with Crippen molar-refractivity contribution in [1.82, 2.24) is 4.90 Å². The number of morpholine rings is 1. The van der Waals surface area contributed by atoms with Crippen LogP contribution in [0.3, 0.4) is 0 Å². The van der Waals surface area contributed by atoms with E-state index in [1.807, 2.05) is 0 Å². The van der Waals surface area contributed by atoms with E-state index in [1.54, 1.807) is 18.2 Å². The topological polar surface area (TPSA) is 52.9 Å². The van der Waals surface area contributed by atoms with Gasteiger partial charge in [-0.3, -0.25) is 4.90 Å². The lowest BCUT2D eigenvalue weighted by atomic mass is 9.77. The molecule has 1 heterocycles. The number of halogens is 1. The van der Waals surface area contributed by atoms with Crippen LogP contribution in [0, 0.1) is 0 Å². The molecule has 1 fully saturated rings. The third-order valence-corrected chi connectivity index (χ3v) is 3.27. The Balaban J connectivity index is 2.18. The van der Waals surface area contributed by atoms with Gasteiger partial charge in [0.1, 0.15) is 0 Å². The van der Waals surface area contributed by atoms with Gasteiger partial charge in [-0.05, 0) is 17.1 Å². The first-order chi connectivity index (χ1) is 8.18. The van der Waals surface area contributed by atoms with Crippen molar-refractivity contribution in [2.24, 2.45) is 0 Å². The Morgan fingerprint density at radius 3 is 2.65 bits per heavy atom. The molecule has 1 aromatic rings. The summed E-state index contributed by atoms with van der Waals surface area (Å²) in [5.41, 5.74) is 1.26. The molecule has 2 rings (SSSR count). The Morgan fingerprint density at radius 1 is 1.29 bits per heavy atom. The number of hydrogen-bond donors (Lipinski definition) is 2. The Labute approximate surface area is 106 Å². The van der Waals surface area contributed by atoms with Crippen LogP contribution >= 0.6 is 11.6 Å². The maximum Gasteiger partial charge on any atom is 0.488 e. The zero-order valence-electron chi connectivity index (χ0n) is 9.47. The molecule has 0 radical (unpaired) electrons. The minimum Gasteiger partial charge on any atom is -0.423 e. The van der Waals surface area contributed by atoms with Gasteiger partial charge in [-0.15, -0.1) is 0 Å². The first-order valence-electron chi connectivity index (χ1n) is 5.62. The molecule has 1 aliphatic rings. The average Bonchev–Trinajstić information content (AvgIpc) is 2.33. The molecule has 0 saturated carbocycles. The van der Waals surface area contributed by atoms with Crippen molar-refractivity contribution in [2.45, 2.75) is 6.54 Å². The quantitative estimate of drug-likeness (QED) is 0.738. The van der Waals surface area contributed by atoms with E-state index in [0.717, 1.165) is 18.7 Å². The second kappa shape index (κ2) is 5.84. The standard InChI is InChI=1S/C11H15BClNO3/c13-11-3-1-2-10(12(15)16)9(11)8-14-4-6-17-7-5-14/h1-3,15-16H,4-8H2. The largest absolute Gasteiger partial charge is 0.488 e. The Hall–Kier alpha value is -0.585. The van der Waals surface area contributed by atoms with E-state index in [9.17, 15) is 10.0 Å². The molecule has 0 aromatic heterocycles. The van der Waals surface area contributed by atoms with Crippen LogP contribution in [0.4, 0.5) is 0 Å². The van der Waals surface area contributed by atoms with Gasteiger partial charge in [-0.25, -0.2) is 0 Å². The monoisotopic (exact) mass is 255 g/mol. The number of hydrogen-bond acceptors (Lipinski definition) is 4. The van der Waals surface area contributed by atoms with Crippen molar-refractivity contribution in [3.8, 4) is 0 Å². The third-order valence-electron chi connectivity index (χ3n) is 2.92. The molecule has 0 aliphatic carbocycles. The molecule has 0 bridgehead atoms. The third kappa shape index (κ3) is 3.21. The molecule has 0 unspecified atom stereocenters. The summed E-state index contributed by atoms with van der Waals surface area (Å²) in [6, 6.07) is 5.18. The Kier molecular flexibility index (Phi) is 4.42. The summed E-state index contributed by atoms with van der Waals surface area (Å²) in [5.74, 6) is 0. The first kappa shape index (κ1) is 12.9. The molecule has 1 saturated heterocycles. The van der Waals surface area contributed by atoms with Crippen LogP contribution in [0.1, 0.15) is 5.56 Å². The van der Waals surface area contributed by atoms with E-state index in [-0.39, 0.29) is 0 Å². The van der Waals surface area contributed by atoms with E-state index in [2.05, 4.69) is 4.90 Å². The van der Waals surface area contributed by atoms with Crippen molar-refractivity contribution in [1.29, 1.82) is 0 Å².